The van der Waals surface area contributed by atoms with Crippen molar-refractivity contribution in [3.8, 4) is 11.1 Å². The minimum absolute atomic E-state index is 0.158. The largest absolute Gasteiger partial charge is 0.343 e. The Morgan fingerprint density at radius 1 is 0.893 bits per heavy atom. The summed E-state index contributed by atoms with van der Waals surface area (Å²) in [6, 6.07) is 18.7. The molecule has 0 saturated carbocycles. The zero-order valence-corrected chi connectivity index (χ0v) is 16.3. The maximum absolute atomic E-state index is 12.2. The van der Waals surface area contributed by atoms with Gasteiger partial charge in [-0.15, -0.1) is 0 Å². The van der Waals surface area contributed by atoms with Gasteiger partial charge in [0.2, 0.25) is 5.91 Å². The lowest BCUT2D eigenvalue weighted by atomic mass is 10.1. The molecule has 0 unspecified atom stereocenters. The summed E-state index contributed by atoms with van der Waals surface area (Å²) in [5.74, 6) is -0.741. The Morgan fingerprint density at radius 3 is 2.50 bits per heavy atom. The maximum atomic E-state index is 12.2. The Morgan fingerprint density at radius 2 is 1.68 bits per heavy atom. The van der Waals surface area contributed by atoms with Crippen molar-refractivity contribution in [1.82, 2.24) is 5.32 Å². The molecule has 3 aromatic rings. The van der Waals surface area contributed by atoms with Crippen LogP contribution in [0.3, 0.4) is 0 Å². The molecule has 0 fully saturated rings. The van der Waals surface area contributed by atoms with Gasteiger partial charge in [-0.25, -0.2) is 0 Å². The molecule has 0 aromatic heterocycles. The Labute approximate surface area is 172 Å². The molecule has 0 heterocycles. The Kier molecular flexibility index (Phi) is 5.07. The Bertz CT molecular complexity index is 1100. The first-order chi connectivity index (χ1) is 13.5. The Hall–Kier alpha value is -2.82. The molecular weight excluding hydrogens is 395 g/mol. The summed E-state index contributed by atoms with van der Waals surface area (Å²) in [6.07, 6.45) is 0.848. The van der Waals surface area contributed by atoms with Crippen LogP contribution in [0.2, 0.25) is 10.0 Å². The molecule has 0 aliphatic heterocycles. The number of benzene rings is 3. The summed E-state index contributed by atoms with van der Waals surface area (Å²) in [5.41, 5.74) is 5.87. The quantitative estimate of drug-likeness (QED) is 0.500. The van der Waals surface area contributed by atoms with Gasteiger partial charge in [0.05, 0.1) is 17.1 Å². The van der Waals surface area contributed by atoms with E-state index >= 15 is 0 Å². The van der Waals surface area contributed by atoms with Crippen LogP contribution < -0.4 is 10.6 Å². The number of hydrogen-bond acceptors (Lipinski definition) is 2. The molecule has 1 aliphatic carbocycles. The van der Waals surface area contributed by atoms with E-state index in [-0.39, 0.29) is 23.0 Å². The summed E-state index contributed by atoms with van der Waals surface area (Å²) in [5, 5.41) is 6.07. The summed E-state index contributed by atoms with van der Waals surface area (Å²) >= 11 is 11.8. The van der Waals surface area contributed by atoms with Gasteiger partial charge in [-0.05, 0) is 59.0 Å². The number of carbonyl (C=O) groups excluding carboxylic acids is 2. The van der Waals surface area contributed by atoms with Crippen LogP contribution in [0.25, 0.3) is 11.1 Å². The monoisotopic (exact) mass is 410 g/mol. The van der Waals surface area contributed by atoms with Crippen molar-refractivity contribution in [3.63, 3.8) is 0 Å². The minimum Gasteiger partial charge on any atom is -0.343 e. The molecule has 0 saturated heterocycles. The van der Waals surface area contributed by atoms with Crippen LogP contribution >= 0.6 is 23.2 Å². The van der Waals surface area contributed by atoms with Gasteiger partial charge in [-0.1, -0.05) is 53.5 Å². The first-order valence-corrected chi connectivity index (χ1v) is 9.51. The molecule has 2 amide bonds. The molecular formula is C22H16Cl2N2O2. The second-order valence-electron chi connectivity index (χ2n) is 6.56. The van der Waals surface area contributed by atoms with Crippen LogP contribution in [0.5, 0.6) is 0 Å². The van der Waals surface area contributed by atoms with Crippen LogP contribution in [-0.4, -0.2) is 18.4 Å². The van der Waals surface area contributed by atoms with E-state index in [1.54, 1.807) is 6.07 Å². The molecule has 3 aromatic carbocycles. The van der Waals surface area contributed by atoms with Crippen molar-refractivity contribution >= 4 is 40.7 Å². The summed E-state index contributed by atoms with van der Waals surface area (Å²) in [7, 11) is 0. The number of amides is 2. The molecule has 6 heteroatoms. The van der Waals surface area contributed by atoms with E-state index in [9.17, 15) is 9.59 Å². The molecule has 4 rings (SSSR count). The minimum atomic E-state index is -0.429. The summed E-state index contributed by atoms with van der Waals surface area (Å²) < 4.78 is 0. The SMILES string of the molecule is O=C(CNC(=O)c1ccc(Cl)cc1Cl)Nc1ccc2c(c1)Cc1ccccc1-2. The standard InChI is InChI=1S/C22H16Cl2N2O2/c23-15-5-7-19(20(24)11-15)22(28)25-12-21(27)26-16-6-8-18-14(10-16)9-13-3-1-2-4-17(13)18/h1-8,10-11H,9,12H2,(H,25,28)(H,26,27). The number of anilines is 1. The number of halogens is 2. The molecule has 0 bridgehead atoms. The van der Waals surface area contributed by atoms with Gasteiger partial charge in [0.1, 0.15) is 0 Å². The lowest BCUT2D eigenvalue weighted by molar-refractivity contribution is -0.115. The van der Waals surface area contributed by atoms with Gasteiger partial charge in [-0.2, -0.15) is 0 Å². The van der Waals surface area contributed by atoms with E-state index in [2.05, 4.69) is 22.8 Å². The van der Waals surface area contributed by atoms with E-state index < -0.39 is 5.91 Å². The fourth-order valence-electron chi connectivity index (χ4n) is 3.36. The summed E-state index contributed by atoms with van der Waals surface area (Å²) in [4.78, 5) is 24.4. The number of carbonyl (C=O) groups is 2. The molecule has 4 nitrogen and oxygen atoms in total. The van der Waals surface area contributed by atoms with E-state index in [0.717, 1.165) is 6.42 Å². The highest BCUT2D eigenvalue weighted by Crippen LogP contribution is 2.37. The van der Waals surface area contributed by atoms with Crippen molar-refractivity contribution in [2.24, 2.45) is 0 Å². The number of rotatable bonds is 4. The highest BCUT2D eigenvalue weighted by molar-refractivity contribution is 6.36. The normalized spacial score (nSPS) is 11.5. The van der Waals surface area contributed by atoms with Crippen LogP contribution in [0, 0.1) is 0 Å². The zero-order chi connectivity index (χ0) is 19.7. The summed E-state index contributed by atoms with van der Waals surface area (Å²) in [6.45, 7) is -0.158. The molecule has 1 aliphatic rings. The fraction of sp³-hybridized carbons (Fsp3) is 0.0909. The van der Waals surface area contributed by atoms with Gasteiger partial charge in [0.15, 0.2) is 0 Å². The molecule has 0 atom stereocenters. The van der Waals surface area contributed by atoms with Gasteiger partial charge < -0.3 is 10.6 Å². The number of fused-ring (bicyclic) bond motifs is 3. The highest BCUT2D eigenvalue weighted by Gasteiger charge is 2.18. The molecule has 140 valence electrons. The van der Waals surface area contributed by atoms with Gasteiger partial charge in [-0.3, -0.25) is 9.59 Å². The van der Waals surface area contributed by atoms with Gasteiger partial charge in [0, 0.05) is 10.7 Å². The predicted molar refractivity (Wildman–Crippen MR) is 112 cm³/mol. The molecule has 0 spiro atoms. The second kappa shape index (κ2) is 7.66. The van der Waals surface area contributed by atoms with Crippen LogP contribution in [0.4, 0.5) is 5.69 Å². The fourth-order valence-corrected chi connectivity index (χ4v) is 3.85. The topological polar surface area (TPSA) is 58.2 Å². The third kappa shape index (κ3) is 3.75. The van der Waals surface area contributed by atoms with Gasteiger partial charge >= 0.3 is 0 Å². The van der Waals surface area contributed by atoms with Crippen molar-refractivity contribution in [1.29, 1.82) is 0 Å². The average Bonchev–Trinajstić information content (AvgIpc) is 3.04. The van der Waals surface area contributed by atoms with Gasteiger partial charge in [0.25, 0.3) is 5.91 Å². The predicted octanol–water partition coefficient (Wildman–Crippen LogP) is 4.93. The number of nitrogens with one attached hydrogen (secondary N) is 2. The van der Waals surface area contributed by atoms with Crippen LogP contribution in [0.1, 0.15) is 21.5 Å². The van der Waals surface area contributed by atoms with E-state index in [1.165, 1.54) is 34.4 Å². The van der Waals surface area contributed by atoms with Crippen LogP contribution in [-0.2, 0) is 11.2 Å². The van der Waals surface area contributed by atoms with Crippen molar-refractivity contribution in [2.75, 3.05) is 11.9 Å². The smallest absolute Gasteiger partial charge is 0.253 e. The lowest BCUT2D eigenvalue weighted by Gasteiger charge is -2.09. The average molecular weight is 411 g/mol. The first-order valence-electron chi connectivity index (χ1n) is 8.75. The lowest BCUT2D eigenvalue weighted by Crippen LogP contribution is -2.33. The molecule has 28 heavy (non-hydrogen) atoms. The van der Waals surface area contributed by atoms with Crippen molar-refractivity contribution in [3.05, 3.63) is 87.4 Å². The van der Waals surface area contributed by atoms with Crippen LogP contribution in [0.15, 0.2) is 60.7 Å². The van der Waals surface area contributed by atoms with E-state index in [0.29, 0.717) is 10.7 Å². The molecule has 0 radical (unpaired) electrons. The second-order valence-corrected chi connectivity index (χ2v) is 7.40. The highest BCUT2D eigenvalue weighted by atomic mass is 35.5. The van der Waals surface area contributed by atoms with E-state index in [4.69, 9.17) is 23.2 Å². The Balaban J connectivity index is 1.38. The zero-order valence-electron chi connectivity index (χ0n) is 14.8. The first kappa shape index (κ1) is 18.5. The third-order valence-corrected chi connectivity index (χ3v) is 5.21. The maximum Gasteiger partial charge on any atom is 0.253 e. The van der Waals surface area contributed by atoms with Crippen molar-refractivity contribution in [2.45, 2.75) is 6.42 Å². The molecule has 2 N–H and O–H groups in total. The number of hydrogen-bond donors (Lipinski definition) is 2. The van der Waals surface area contributed by atoms with E-state index in [1.807, 2.05) is 30.3 Å². The third-order valence-electron chi connectivity index (χ3n) is 4.66. The van der Waals surface area contributed by atoms with Crippen molar-refractivity contribution < 1.29 is 9.59 Å².